The second-order valence-electron chi connectivity index (χ2n) is 4.14. The van der Waals surface area contributed by atoms with E-state index in [9.17, 15) is 0 Å². The summed E-state index contributed by atoms with van der Waals surface area (Å²) < 4.78 is 16.0. The number of aliphatic hydroxyl groups is 1. The Balaban J connectivity index is 2.61. The maximum absolute atomic E-state index is 8.65. The maximum atomic E-state index is 8.65. The quantitative estimate of drug-likeness (QED) is 0.540. The van der Waals surface area contributed by atoms with Crippen molar-refractivity contribution in [2.24, 2.45) is 0 Å². The highest BCUT2D eigenvalue weighted by Gasteiger charge is 2.15. The van der Waals surface area contributed by atoms with E-state index < -0.39 is 0 Å². The second kappa shape index (κ2) is 9.41. The minimum absolute atomic E-state index is 0.156. The molecular weight excluding hydrogens is 260 g/mol. The molecule has 1 rings (SSSR count). The van der Waals surface area contributed by atoms with Crippen LogP contribution in [0.5, 0.6) is 17.2 Å². The highest BCUT2D eigenvalue weighted by molar-refractivity contribution is 5.55. The number of methoxy groups -OCH3 is 3. The molecule has 3 N–H and O–H groups in total. The number of benzene rings is 1. The molecule has 0 amide bonds. The predicted octanol–water partition coefficient (Wildman–Crippen LogP) is 0.384. The summed E-state index contributed by atoms with van der Waals surface area (Å²) in [5.41, 5.74) is 1.01. The van der Waals surface area contributed by atoms with E-state index >= 15 is 0 Å². The van der Waals surface area contributed by atoms with Gasteiger partial charge in [-0.1, -0.05) is 6.07 Å². The van der Waals surface area contributed by atoms with Crippen molar-refractivity contribution in [3.8, 4) is 17.2 Å². The lowest BCUT2D eigenvalue weighted by Gasteiger charge is -2.16. The standard InChI is InChI=1S/C14H24N2O4/c1-18-12-5-4-11(13(19-2)14(12)20-3)10-16-7-6-15-8-9-17/h4-5,15-17H,6-10H2,1-3H3. The lowest BCUT2D eigenvalue weighted by Crippen LogP contribution is -2.28. The monoisotopic (exact) mass is 284 g/mol. The minimum Gasteiger partial charge on any atom is -0.493 e. The molecule has 0 radical (unpaired) electrons. The van der Waals surface area contributed by atoms with Crippen molar-refractivity contribution in [3.63, 3.8) is 0 Å². The first-order valence-electron chi connectivity index (χ1n) is 6.58. The van der Waals surface area contributed by atoms with Gasteiger partial charge in [0.2, 0.25) is 5.75 Å². The number of aliphatic hydroxyl groups excluding tert-OH is 1. The van der Waals surface area contributed by atoms with E-state index in [0.29, 0.717) is 30.3 Å². The molecule has 0 bridgehead atoms. The molecule has 1 aromatic carbocycles. The van der Waals surface area contributed by atoms with Crippen LogP contribution in [0.3, 0.4) is 0 Å². The molecule has 0 saturated carbocycles. The summed E-state index contributed by atoms with van der Waals surface area (Å²) in [6, 6.07) is 3.82. The topological polar surface area (TPSA) is 72.0 Å². The van der Waals surface area contributed by atoms with Gasteiger partial charge in [-0.05, 0) is 6.07 Å². The van der Waals surface area contributed by atoms with Crippen LogP contribution in [0.2, 0.25) is 0 Å². The number of rotatable bonds is 10. The zero-order valence-electron chi connectivity index (χ0n) is 12.4. The van der Waals surface area contributed by atoms with E-state index in [1.807, 2.05) is 12.1 Å². The van der Waals surface area contributed by atoms with Gasteiger partial charge in [0, 0.05) is 31.7 Å². The molecule has 6 heteroatoms. The van der Waals surface area contributed by atoms with Gasteiger partial charge < -0.3 is 30.0 Å². The van der Waals surface area contributed by atoms with Crippen molar-refractivity contribution in [3.05, 3.63) is 17.7 Å². The van der Waals surface area contributed by atoms with E-state index in [2.05, 4.69) is 10.6 Å². The van der Waals surface area contributed by atoms with Crippen LogP contribution in [0.4, 0.5) is 0 Å². The van der Waals surface area contributed by atoms with E-state index in [1.165, 1.54) is 0 Å². The predicted molar refractivity (Wildman–Crippen MR) is 77.8 cm³/mol. The molecule has 0 unspecified atom stereocenters. The van der Waals surface area contributed by atoms with Crippen molar-refractivity contribution in [2.75, 3.05) is 47.6 Å². The Morgan fingerprint density at radius 2 is 1.60 bits per heavy atom. The molecule has 114 valence electrons. The van der Waals surface area contributed by atoms with Crippen LogP contribution in [-0.4, -0.2) is 52.7 Å². The molecule has 0 aliphatic rings. The number of hydrogen-bond donors (Lipinski definition) is 3. The molecule has 0 heterocycles. The second-order valence-corrected chi connectivity index (χ2v) is 4.14. The van der Waals surface area contributed by atoms with E-state index in [-0.39, 0.29) is 6.61 Å². The van der Waals surface area contributed by atoms with Crippen LogP contribution < -0.4 is 24.8 Å². The Hall–Kier alpha value is -1.50. The third-order valence-electron chi connectivity index (χ3n) is 2.87. The lowest BCUT2D eigenvalue weighted by atomic mass is 10.1. The van der Waals surface area contributed by atoms with Gasteiger partial charge in [-0.3, -0.25) is 0 Å². The fourth-order valence-corrected chi connectivity index (χ4v) is 1.91. The van der Waals surface area contributed by atoms with Gasteiger partial charge in [-0.2, -0.15) is 0 Å². The third-order valence-corrected chi connectivity index (χ3v) is 2.87. The van der Waals surface area contributed by atoms with Crippen molar-refractivity contribution >= 4 is 0 Å². The molecule has 0 fully saturated rings. The van der Waals surface area contributed by atoms with E-state index in [0.717, 1.165) is 18.7 Å². The highest BCUT2D eigenvalue weighted by atomic mass is 16.5. The molecule has 0 spiro atoms. The first-order chi connectivity index (χ1) is 9.78. The highest BCUT2D eigenvalue weighted by Crippen LogP contribution is 2.39. The van der Waals surface area contributed by atoms with Gasteiger partial charge in [0.05, 0.1) is 27.9 Å². The molecule has 0 saturated heterocycles. The fourth-order valence-electron chi connectivity index (χ4n) is 1.91. The summed E-state index contributed by atoms with van der Waals surface area (Å²) in [7, 11) is 4.81. The summed E-state index contributed by atoms with van der Waals surface area (Å²) in [4.78, 5) is 0. The Bertz CT molecular complexity index is 399. The van der Waals surface area contributed by atoms with E-state index in [1.54, 1.807) is 21.3 Å². The molecule has 20 heavy (non-hydrogen) atoms. The van der Waals surface area contributed by atoms with Crippen molar-refractivity contribution in [1.29, 1.82) is 0 Å². The summed E-state index contributed by atoms with van der Waals surface area (Å²) in [5.74, 6) is 1.94. The molecule has 0 atom stereocenters. The van der Waals surface area contributed by atoms with Gasteiger partial charge >= 0.3 is 0 Å². The largest absolute Gasteiger partial charge is 0.493 e. The van der Waals surface area contributed by atoms with Crippen LogP contribution in [0, 0.1) is 0 Å². The first kappa shape index (κ1) is 16.6. The molecule has 0 aliphatic heterocycles. The summed E-state index contributed by atoms with van der Waals surface area (Å²) >= 11 is 0. The van der Waals surface area contributed by atoms with Gasteiger partial charge in [0.1, 0.15) is 0 Å². The van der Waals surface area contributed by atoms with Crippen LogP contribution in [-0.2, 0) is 6.54 Å². The average molecular weight is 284 g/mol. The summed E-state index contributed by atoms with van der Waals surface area (Å²) in [6.07, 6.45) is 0. The molecule has 0 aromatic heterocycles. The molecule has 6 nitrogen and oxygen atoms in total. The van der Waals surface area contributed by atoms with Crippen LogP contribution in [0.15, 0.2) is 12.1 Å². The molecule has 0 aliphatic carbocycles. The number of nitrogens with one attached hydrogen (secondary N) is 2. The molecular formula is C14H24N2O4. The fraction of sp³-hybridized carbons (Fsp3) is 0.571. The molecule has 1 aromatic rings. The SMILES string of the molecule is COc1ccc(CNCCNCCO)c(OC)c1OC. The lowest BCUT2D eigenvalue weighted by molar-refractivity contribution is 0.292. The summed E-state index contributed by atoms with van der Waals surface area (Å²) in [6.45, 7) is 3.04. The van der Waals surface area contributed by atoms with Crippen LogP contribution in [0.1, 0.15) is 5.56 Å². The first-order valence-corrected chi connectivity index (χ1v) is 6.58. The Morgan fingerprint density at radius 3 is 2.20 bits per heavy atom. The van der Waals surface area contributed by atoms with Crippen LogP contribution in [0.25, 0.3) is 0 Å². The Morgan fingerprint density at radius 1 is 0.900 bits per heavy atom. The van der Waals surface area contributed by atoms with E-state index in [4.69, 9.17) is 19.3 Å². The van der Waals surface area contributed by atoms with Gasteiger partial charge in [-0.15, -0.1) is 0 Å². The Kier molecular flexibility index (Phi) is 7.79. The number of hydrogen-bond acceptors (Lipinski definition) is 6. The zero-order valence-corrected chi connectivity index (χ0v) is 12.4. The van der Waals surface area contributed by atoms with Crippen molar-refractivity contribution < 1.29 is 19.3 Å². The van der Waals surface area contributed by atoms with Gasteiger partial charge in [0.15, 0.2) is 11.5 Å². The van der Waals surface area contributed by atoms with Gasteiger partial charge in [0.25, 0.3) is 0 Å². The van der Waals surface area contributed by atoms with Gasteiger partial charge in [-0.25, -0.2) is 0 Å². The van der Waals surface area contributed by atoms with Crippen molar-refractivity contribution in [2.45, 2.75) is 6.54 Å². The summed E-state index contributed by atoms with van der Waals surface area (Å²) in [5, 5.41) is 15.1. The maximum Gasteiger partial charge on any atom is 0.203 e. The minimum atomic E-state index is 0.156. The smallest absolute Gasteiger partial charge is 0.203 e. The Labute approximate surface area is 120 Å². The normalized spacial score (nSPS) is 10.4. The van der Waals surface area contributed by atoms with Crippen molar-refractivity contribution in [1.82, 2.24) is 10.6 Å². The zero-order chi connectivity index (χ0) is 14.8. The third kappa shape index (κ3) is 4.56. The number of ether oxygens (including phenoxy) is 3. The average Bonchev–Trinajstić information content (AvgIpc) is 2.49. The van der Waals surface area contributed by atoms with Crippen LogP contribution >= 0.6 is 0 Å².